The van der Waals surface area contributed by atoms with E-state index in [0.717, 1.165) is 4.31 Å². The Morgan fingerprint density at radius 1 is 1.15 bits per heavy atom. The van der Waals surface area contributed by atoms with Crippen molar-refractivity contribution >= 4 is 16.0 Å². The molecule has 184 valence electrons. The highest BCUT2D eigenvalue weighted by molar-refractivity contribution is 7.89. The second-order valence-corrected chi connectivity index (χ2v) is 9.39. The monoisotopic (exact) mass is 495 g/mol. The van der Waals surface area contributed by atoms with E-state index in [4.69, 9.17) is 14.2 Å². The van der Waals surface area contributed by atoms with E-state index in [-0.39, 0.29) is 42.7 Å². The summed E-state index contributed by atoms with van der Waals surface area (Å²) in [4.78, 5) is 11.5. The number of hydrogen-bond acceptors (Lipinski definition) is 7. The van der Waals surface area contributed by atoms with Gasteiger partial charge in [-0.25, -0.2) is 17.6 Å². The van der Waals surface area contributed by atoms with Crippen LogP contribution in [0.5, 0.6) is 5.75 Å². The third-order valence-electron chi connectivity index (χ3n) is 5.26. The summed E-state index contributed by atoms with van der Waals surface area (Å²) in [6, 6.07) is 11.5. The minimum Gasteiger partial charge on any atom is -0.497 e. The summed E-state index contributed by atoms with van der Waals surface area (Å²) in [6.07, 6.45) is 0.737. The van der Waals surface area contributed by atoms with Crippen molar-refractivity contribution in [1.29, 1.82) is 0 Å². The summed E-state index contributed by atoms with van der Waals surface area (Å²) >= 11 is 0. The van der Waals surface area contributed by atoms with E-state index in [1.54, 1.807) is 12.1 Å². The molecule has 2 aromatic rings. The van der Waals surface area contributed by atoms with Crippen LogP contribution in [0.25, 0.3) is 0 Å². The normalized spacial score (nSPS) is 18.3. The van der Waals surface area contributed by atoms with Crippen LogP contribution in [0.15, 0.2) is 65.3 Å². The van der Waals surface area contributed by atoms with Crippen molar-refractivity contribution in [3.8, 4) is 5.75 Å². The summed E-state index contributed by atoms with van der Waals surface area (Å²) in [7, 11) is -2.45. The second kappa shape index (κ2) is 11.4. The van der Waals surface area contributed by atoms with Gasteiger partial charge in [-0.2, -0.15) is 4.31 Å². The number of nitrogens with zero attached hydrogens (tertiary/aromatic N) is 1. The fourth-order valence-corrected chi connectivity index (χ4v) is 4.91. The molecule has 1 aliphatic heterocycles. The SMILES string of the molecule is COc1ccc(S(=O)(=O)N(CCO)CCO[C@@H]2C[C@H](c3ccc(F)cc3)C=C(C(=O)O)O2)cc1. The Balaban J connectivity index is 1.67. The van der Waals surface area contributed by atoms with Gasteiger partial charge in [0.1, 0.15) is 11.6 Å². The number of benzene rings is 2. The number of aliphatic hydroxyl groups excluding tert-OH is 1. The summed E-state index contributed by atoms with van der Waals surface area (Å²) in [6.45, 7) is -0.749. The maximum absolute atomic E-state index is 13.3. The predicted molar refractivity (Wildman–Crippen MR) is 119 cm³/mol. The first-order valence-electron chi connectivity index (χ1n) is 10.5. The van der Waals surface area contributed by atoms with Gasteiger partial charge in [-0.1, -0.05) is 12.1 Å². The van der Waals surface area contributed by atoms with Gasteiger partial charge in [0.05, 0.1) is 25.2 Å². The third kappa shape index (κ3) is 6.32. The Bertz CT molecular complexity index is 1100. The Morgan fingerprint density at radius 2 is 1.82 bits per heavy atom. The Kier molecular flexibility index (Phi) is 8.61. The minimum absolute atomic E-state index is 0.0307. The largest absolute Gasteiger partial charge is 0.497 e. The fourth-order valence-electron chi connectivity index (χ4n) is 3.50. The number of hydrogen-bond donors (Lipinski definition) is 2. The molecule has 0 unspecified atom stereocenters. The van der Waals surface area contributed by atoms with E-state index in [2.05, 4.69) is 0 Å². The number of carboxylic acid groups (broad SMARTS) is 1. The third-order valence-corrected chi connectivity index (χ3v) is 7.17. The van der Waals surface area contributed by atoms with Crippen LogP contribution in [0.2, 0.25) is 0 Å². The lowest BCUT2D eigenvalue weighted by atomic mass is 9.93. The smallest absolute Gasteiger partial charge is 0.370 e. The molecule has 34 heavy (non-hydrogen) atoms. The molecular weight excluding hydrogens is 469 g/mol. The van der Waals surface area contributed by atoms with Gasteiger partial charge in [0.25, 0.3) is 0 Å². The van der Waals surface area contributed by atoms with Crippen molar-refractivity contribution < 1.29 is 42.0 Å². The molecule has 11 heteroatoms. The van der Waals surface area contributed by atoms with Crippen LogP contribution in [-0.4, -0.2) is 68.6 Å². The number of ether oxygens (including phenoxy) is 3. The van der Waals surface area contributed by atoms with Crippen LogP contribution >= 0.6 is 0 Å². The second-order valence-electron chi connectivity index (χ2n) is 7.45. The molecule has 0 aliphatic carbocycles. The maximum atomic E-state index is 13.3. The lowest BCUT2D eigenvalue weighted by molar-refractivity contribution is -0.157. The van der Waals surface area contributed by atoms with Gasteiger partial charge in [-0.3, -0.25) is 0 Å². The molecule has 0 amide bonds. The number of rotatable bonds is 11. The number of aliphatic carboxylic acids is 1. The van der Waals surface area contributed by atoms with Gasteiger partial charge >= 0.3 is 5.97 Å². The van der Waals surface area contributed by atoms with Crippen molar-refractivity contribution in [2.45, 2.75) is 23.5 Å². The molecule has 0 saturated carbocycles. The number of allylic oxidation sites excluding steroid dienone is 1. The molecule has 0 saturated heterocycles. The number of aliphatic hydroxyl groups is 1. The van der Waals surface area contributed by atoms with Crippen LogP contribution in [0, 0.1) is 5.82 Å². The molecule has 1 aliphatic rings. The highest BCUT2D eigenvalue weighted by Crippen LogP contribution is 2.31. The molecule has 9 nitrogen and oxygen atoms in total. The number of halogens is 1. The van der Waals surface area contributed by atoms with E-state index in [9.17, 15) is 27.8 Å². The average Bonchev–Trinajstić information content (AvgIpc) is 2.83. The minimum atomic E-state index is -3.92. The summed E-state index contributed by atoms with van der Waals surface area (Å²) in [5.74, 6) is -1.87. The summed E-state index contributed by atoms with van der Waals surface area (Å²) in [5, 5.41) is 18.7. The number of sulfonamides is 1. The predicted octanol–water partition coefficient (Wildman–Crippen LogP) is 2.33. The van der Waals surface area contributed by atoms with E-state index >= 15 is 0 Å². The topological polar surface area (TPSA) is 123 Å². The van der Waals surface area contributed by atoms with Gasteiger partial charge in [-0.15, -0.1) is 0 Å². The first kappa shape index (κ1) is 25.6. The van der Waals surface area contributed by atoms with Crippen LogP contribution in [0.4, 0.5) is 4.39 Å². The van der Waals surface area contributed by atoms with Crippen molar-refractivity contribution in [1.82, 2.24) is 4.31 Å². The molecular formula is C23H26FNO8S. The zero-order valence-corrected chi connectivity index (χ0v) is 19.3. The van der Waals surface area contributed by atoms with Crippen LogP contribution in [-0.2, 0) is 24.3 Å². The molecule has 0 bridgehead atoms. The van der Waals surface area contributed by atoms with E-state index in [1.165, 1.54) is 49.6 Å². The molecule has 2 N–H and O–H groups in total. The maximum Gasteiger partial charge on any atom is 0.370 e. The molecule has 0 aromatic heterocycles. The molecule has 1 heterocycles. The van der Waals surface area contributed by atoms with Crippen LogP contribution in [0.1, 0.15) is 17.9 Å². The fraction of sp³-hybridized carbons (Fsp3) is 0.348. The van der Waals surface area contributed by atoms with E-state index in [1.807, 2.05) is 0 Å². The van der Waals surface area contributed by atoms with Crippen molar-refractivity contribution in [3.63, 3.8) is 0 Å². The highest BCUT2D eigenvalue weighted by atomic mass is 32.2. The molecule has 0 radical (unpaired) electrons. The summed E-state index contributed by atoms with van der Waals surface area (Å²) < 4.78 is 56.4. The van der Waals surface area contributed by atoms with Gasteiger partial charge in [0.15, 0.2) is 0 Å². The standard InChI is InChI=1S/C23H26FNO8S/c1-31-19-6-8-20(9-7-19)34(29,30)25(10-12-26)11-13-32-22-15-17(14-21(33-22)23(27)28)16-2-4-18(24)5-3-16/h2-9,14,17,22,26H,10-13,15H2,1H3,(H,27,28)/t17-,22+/m1/s1. The van der Waals surface area contributed by atoms with Crippen LogP contribution < -0.4 is 4.74 Å². The molecule has 3 rings (SSSR count). The molecule has 2 aromatic carbocycles. The van der Waals surface area contributed by atoms with Gasteiger partial charge in [0, 0.05) is 25.4 Å². The zero-order valence-electron chi connectivity index (χ0n) is 18.5. The van der Waals surface area contributed by atoms with E-state index < -0.39 is 34.7 Å². The van der Waals surface area contributed by atoms with Crippen molar-refractivity contribution in [2.75, 3.05) is 33.4 Å². The van der Waals surface area contributed by atoms with Crippen molar-refractivity contribution in [2.24, 2.45) is 0 Å². The highest BCUT2D eigenvalue weighted by Gasteiger charge is 2.30. The quantitative estimate of drug-likeness (QED) is 0.487. The Hall–Kier alpha value is -2.99. The van der Waals surface area contributed by atoms with Crippen molar-refractivity contribution in [3.05, 3.63) is 71.7 Å². The zero-order chi connectivity index (χ0) is 24.7. The Morgan fingerprint density at radius 3 is 2.41 bits per heavy atom. The molecule has 0 fully saturated rings. The first-order valence-corrected chi connectivity index (χ1v) is 11.9. The lowest BCUT2D eigenvalue weighted by Crippen LogP contribution is -2.37. The number of methoxy groups -OCH3 is 1. The van der Waals surface area contributed by atoms with Crippen LogP contribution in [0.3, 0.4) is 0 Å². The number of carbonyl (C=O) groups is 1. The Labute approximate surface area is 197 Å². The lowest BCUT2D eigenvalue weighted by Gasteiger charge is -2.29. The average molecular weight is 496 g/mol. The van der Waals surface area contributed by atoms with Gasteiger partial charge < -0.3 is 24.4 Å². The summed E-state index contributed by atoms with van der Waals surface area (Å²) in [5.41, 5.74) is 0.695. The molecule has 2 atom stereocenters. The van der Waals surface area contributed by atoms with E-state index in [0.29, 0.717) is 11.3 Å². The first-order chi connectivity index (χ1) is 16.2. The number of carboxylic acids is 1. The van der Waals surface area contributed by atoms with Gasteiger partial charge in [0.2, 0.25) is 22.1 Å². The van der Waals surface area contributed by atoms with Gasteiger partial charge in [-0.05, 0) is 48.0 Å². The molecule has 0 spiro atoms.